The number of carboxylic acids is 2. The summed E-state index contributed by atoms with van der Waals surface area (Å²) >= 11 is 0. The fraction of sp³-hybridized carbons (Fsp3) is 0.333. The van der Waals surface area contributed by atoms with Crippen molar-refractivity contribution in [3.05, 3.63) is 11.8 Å². The third kappa shape index (κ3) is 3.52. The lowest BCUT2D eigenvalue weighted by Crippen LogP contribution is -2.22. The van der Waals surface area contributed by atoms with Crippen molar-refractivity contribution in [2.45, 2.75) is 12.3 Å². The van der Waals surface area contributed by atoms with Crippen LogP contribution in [-0.4, -0.2) is 44.6 Å². The van der Waals surface area contributed by atoms with Gasteiger partial charge in [0.15, 0.2) is 6.10 Å². The first kappa shape index (κ1) is 11.4. The average molecular weight is 194 g/mol. The summed E-state index contributed by atoms with van der Waals surface area (Å²) in [5, 5.41) is 33.2. The number of hydrogen-bond acceptors (Lipinski definition) is 4. The Morgan fingerprint density at radius 1 is 1.15 bits per heavy atom. The molecule has 2 unspecified atom stereocenters. The smallest absolute Gasteiger partial charge is 0.346 e. The summed E-state index contributed by atoms with van der Waals surface area (Å²) in [5.41, 5.74) is 0. The molecule has 0 aromatic carbocycles. The third-order valence-corrected chi connectivity index (χ3v) is 1.06. The molecule has 0 aliphatic carbocycles. The Bertz CT molecular complexity index is 248. The Labute approximate surface area is 71.5 Å². The number of rotatable bonds is 4. The van der Waals surface area contributed by atoms with Gasteiger partial charge >= 0.3 is 11.9 Å². The van der Waals surface area contributed by atoms with Crippen molar-refractivity contribution in [1.82, 2.24) is 0 Å². The van der Waals surface area contributed by atoms with Gasteiger partial charge in [-0.2, -0.15) is 0 Å². The second-order valence-electron chi connectivity index (χ2n) is 2.08. The van der Waals surface area contributed by atoms with Crippen LogP contribution in [0.3, 0.4) is 0 Å². The van der Waals surface area contributed by atoms with Crippen LogP contribution in [0.4, 0.5) is 4.39 Å². The van der Waals surface area contributed by atoms with E-state index in [9.17, 15) is 14.0 Å². The van der Waals surface area contributed by atoms with Crippen LogP contribution in [0, 0.1) is 0 Å². The van der Waals surface area contributed by atoms with Gasteiger partial charge in [0.25, 0.3) is 6.17 Å². The Morgan fingerprint density at radius 2 is 1.62 bits per heavy atom. The summed E-state index contributed by atoms with van der Waals surface area (Å²) in [6, 6.07) is 0. The van der Waals surface area contributed by atoms with Crippen LogP contribution in [0.25, 0.3) is 0 Å². The summed E-state index contributed by atoms with van der Waals surface area (Å²) in [5.74, 6) is -5.03. The van der Waals surface area contributed by atoms with Gasteiger partial charge in [0.1, 0.15) is 5.76 Å². The molecule has 0 fully saturated rings. The highest BCUT2D eigenvalue weighted by atomic mass is 19.1. The molecular weight excluding hydrogens is 187 g/mol. The van der Waals surface area contributed by atoms with Crippen LogP contribution in [0.5, 0.6) is 0 Å². The lowest BCUT2D eigenvalue weighted by molar-refractivity contribution is -0.145. The van der Waals surface area contributed by atoms with Crippen LogP contribution in [0.2, 0.25) is 0 Å². The first-order valence-electron chi connectivity index (χ1n) is 3.04. The molecule has 4 N–H and O–H groups in total. The van der Waals surface area contributed by atoms with E-state index in [-0.39, 0.29) is 6.08 Å². The van der Waals surface area contributed by atoms with Crippen molar-refractivity contribution in [1.29, 1.82) is 0 Å². The molecule has 0 rings (SSSR count). The van der Waals surface area contributed by atoms with Crippen LogP contribution >= 0.6 is 0 Å². The molecule has 0 saturated heterocycles. The van der Waals surface area contributed by atoms with Gasteiger partial charge < -0.3 is 20.4 Å². The van der Waals surface area contributed by atoms with Gasteiger partial charge in [0.05, 0.1) is 0 Å². The topological polar surface area (TPSA) is 115 Å². The van der Waals surface area contributed by atoms with Crippen molar-refractivity contribution in [2.24, 2.45) is 0 Å². The van der Waals surface area contributed by atoms with Crippen molar-refractivity contribution in [3.8, 4) is 0 Å². The molecule has 0 spiro atoms. The highest BCUT2D eigenvalue weighted by Crippen LogP contribution is 2.04. The fourth-order valence-electron chi connectivity index (χ4n) is 0.444. The number of aliphatic carboxylic acids is 2. The molecule has 6 nitrogen and oxygen atoms in total. The SMILES string of the molecule is O=C(O)C(O)/C=C(\O)C(F)C(=O)O. The zero-order chi connectivity index (χ0) is 10.6. The number of carbonyl (C=O) groups is 2. The molecule has 0 radical (unpaired) electrons. The number of carboxylic acid groups (broad SMARTS) is 2. The molecule has 0 aliphatic heterocycles. The molecule has 0 heterocycles. The minimum absolute atomic E-state index is 0.196. The highest BCUT2D eigenvalue weighted by molar-refractivity contribution is 5.77. The second kappa shape index (κ2) is 4.41. The number of aliphatic hydroxyl groups is 2. The maximum Gasteiger partial charge on any atom is 0.346 e. The Balaban J connectivity index is 4.48. The molecule has 0 aromatic rings. The Morgan fingerprint density at radius 3 is 1.92 bits per heavy atom. The van der Waals surface area contributed by atoms with Crippen LogP contribution in [0.15, 0.2) is 11.8 Å². The molecule has 74 valence electrons. The lowest BCUT2D eigenvalue weighted by atomic mass is 10.2. The standard InChI is InChI=1S/C6H7FO6/c7-4(6(12)13)2(8)1-3(9)5(10)11/h1,3-4,8-9H,(H,10,11)(H,12,13)/b2-1-. The van der Waals surface area contributed by atoms with E-state index in [0.717, 1.165) is 0 Å². The van der Waals surface area contributed by atoms with E-state index < -0.39 is 30.0 Å². The zero-order valence-electron chi connectivity index (χ0n) is 6.22. The minimum atomic E-state index is -2.73. The fourth-order valence-corrected chi connectivity index (χ4v) is 0.444. The van der Waals surface area contributed by atoms with Gasteiger partial charge in [-0.05, 0) is 6.08 Å². The third-order valence-electron chi connectivity index (χ3n) is 1.06. The van der Waals surface area contributed by atoms with Gasteiger partial charge in [0.2, 0.25) is 0 Å². The second-order valence-corrected chi connectivity index (χ2v) is 2.08. The molecule has 0 aliphatic rings. The maximum atomic E-state index is 12.3. The molecule has 0 saturated carbocycles. The van der Waals surface area contributed by atoms with Crippen molar-refractivity contribution in [2.75, 3.05) is 0 Å². The number of halogens is 1. The van der Waals surface area contributed by atoms with E-state index in [1.807, 2.05) is 0 Å². The molecule has 2 atom stereocenters. The average Bonchev–Trinajstić information content (AvgIpc) is 2.02. The van der Waals surface area contributed by atoms with E-state index in [2.05, 4.69) is 0 Å². The van der Waals surface area contributed by atoms with Gasteiger partial charge in [-0.25, -0.2) is 14.0 Å². The summed E-state index contributed by atoms with van der Waals surface area (Å²) in [6.07, 6.45) is -4.66. The predicted octanol–water partition coefficient (Wildman–Crippen LogP) is -0.703. The van der Waals surface area contributed by atoms with Crippen LogP contribution < -0.4 is 0 Å². The maximum absolute atomic E-state index is 12.3. The molecule has 7 heteroatoms. The van der Waals surface area contributed by atoms with Gasteiger partial charge in [0, 0.05) is 0 Å². The molecule has 0 bridgehead atoms. The molecular formula is C6H7FO6. The monoisotopic (exact) mass is 194 g/mol. The highest BCUT2D eigenvalue weighted by Gasteiger charge is 2.23. The quantitative estimate of drug-likeness (QED) is 0.440. The predicted molar refractivity (Wildman–Crippen MR) is 36.9 cm³/mol. The zero-order valence-corrected chi connectivity index (χ0v) is 6.22. The van der Waals surface area contributed by atoms with Crippen molar-refractivity contribution in [3.63, 3.8) is 0 Å². The van der Waals surface area contributed by atoms with E-state index in [1.165, 1.54) is 0 Å². The summed E-state index contributed by atoms with van der Waals surface area (Å²) in [6.45, 7) is 0. The summed E-state index contributed by atoms with van der Waals surface area (Å²) in [7, 11) is 0. The van der Waals surface area contributed by atoms with Crippen LogP contribution in [-0.2, 0) is 9.59 Å². The molecule has 13 heavy (non-hydrogen) atoms. The first-order chi connectivity index (χ1) is 5.86. The normalized spacial score (nSPS) is 16.3. The van der Waals surface area contributed by atoms with Gasteiger partial charge in [-0.1, -0.05) is 0 Å². The van der Waals surface area contributed by atoms with Crippen LogP contribution in [0.1, 0.15) is 0 Å². The summed E-state index contributed by atoms with van der Waals surface area (Å²) in [4.78, 5) is 19.8. The molecule has 0 amide bonds. The van der Waals surface area contributed by atoms with Gasteiger partial charge in [-0.3, -0.25) is 0 Å². The largest absolute Gasteiger partial charge is 0.509 e. The van der Waals surface area contributed by atoms with Gasteiger partial charge in [-0.15, -0.1) is 0 Å². The van der Waals surface area contributed by atoms with E-state index in [4.69, 9.17) is 20.4 Å². The number of hydrogen-bond donors (Lipinski definition) is 4. The van der Waals surface area contributed by atoms with E-state index >= 15 is 0 Å². The first-order valence-corrected chi connectivity index (χ1v) is 3.04. The summed E-state index contributed by atoms with van der Waals surface area (Å²) < 4.78 is 12.3. The van der Waals surface area contributed by atoms with E-state index in [1.54, 1.807) is 0 Å². The minimum Gasteiger partial charge on any atom is -0.509 e. The number of aliphatic hydroxyl groups excluding tert-OH is 2. The Hall–Kier alpha value is -1.63. The van der Waals surface area contributed by atoms with Crippen molar-refractivity contribution < 1.29 is 34.4 Å². The Kier molecular flexibility index (Phi) is 3.86. The van der Waals surface area contributed by atoms with E-state index in [0.29, 0.717) is 0 Å². The molecule has 0 aromatic heterocycles. The van der Waals surface area contributed by atoms with Crippen molar-refractivity contribution >= 4 is 11.9 Å². The number of alkyl halides is 1. The lowest BCUT2D eigenvalue weighted by Gasteiger charge is -2.03.